The Hall–Kier alpha value is -1.92. The van der Waals surface area contributed by atoms with Gasteiger partial charge in [-0.25, -0.2) is 9.67 Å². The quantitative estimate of drug-likeness (QED) is 0.872. The second-order valence-electron chi connectivity index (χ2n) is 6.97. The zero-order valence-electron chi connectivity index (χ0n) is 15.6. The fourth-order valence-corrected chi connectivity index (χ4v) is 3.67. The standard InChI is InChI=1S/C19H26ClN5O/c1-13-12-14(2)25(23-13)17-5-4-16(20)18(22-17)19(26)24-10-7-15(8-11-24)6-9-21-3/h4-5,12,15,21H,6-11H2,1-3H3. The molecule has 26 heavy (non-hydrogen) atoms. The predicted molar refractivity (Wildman–Crippen MR) is 103 cm³/mol. The van der Waals surface area contributed by atoms with E-state index in [1.165, 1.54) is 0 Å². The summed E-state index contributed by atoms with van der Waals surface area (Å²) in [7, 11) is 1.97. The normalized spacial score (nSPS) is 15.5. The molecule has 1 amide bonds. The van der Waals surface area contributed by atoms with Gasteiger partial charge in [0.15, 0.2) is 5.82 Å². The van der Waals surface area contributed by atoms with Crippen molar-refractivity contribution in [1.29, 1.82) is 0 Å². The number of aromatic nitrogens is 3. The maximum absolute atomic E-state index is 13.0. The lowest BCUT2D eigenvalue weighted by Gasteiger charge is -2.32. The number of nitrogens with one attached hydrogen (secondary N) is 1. The molecule has 0 aliphatic carbocycles. The fourth-order valence-electron chi connectivity index (χ4n) is 3.48. The van der Waals surface area contributed by atoms with Crippen molar-refractivity contribution < 1.29 is 4.79 Å². The molecule has 1 aliphatic heterocycles. The van der Waals surface area contributed by atoms with Crippen LogP contribution in [0.5, 0.6) is 0 Å². The molecule has 0 aromatic carbocycles. The zero-order chi connectivity index (χ0) is 18.7. The summed E-state index contributed by atoms with van der Waals surface area (Å²) in [5, 5.41) is 8.02. The van der Waals surface area contributed by atoms with Gasteiger partial charge in [0.25, 0.3) is 5.91 Å². The minimum absolute atomic E-state index is 0.0922. The molecular weight excluding hydrogens is 350 g/mol. The van der Waals surface area contributed by atoms with Crippen molar-refractivity contribution in [2.24, 2.45) is 5.92 Å². The average Bonchev–Trinajstić information content (AvgIpc) is 2.98. The molecule has 2 aromatic rings. The highest BCUT2D eigenvalue weighted by Gasteiger charge is 2.26. The molecule has 140 valence electrons. The minimum Gasteiger partial charge on any atom is -0.337 e. The zero-order valence-corrected chi connectivity index (χ0v) is 16.4. The summed E-state index contributed by atoms with van der Waals surface area (Å²) >= 11 is 6.29. The monoisotopic (exact) mass is 375 g/mol. The number of carbonyl (C=O) groups is 1. The molecule has 7 heteroatoms. The van der Waals surface area contributed by atoms with Gasteiger partial charge in [0.1, 0.15) is 5.69 Å². The predicted octanol–water partition coefficient (Wildman–Crippen LogP) is 3.00. The highest BCUT2D eigenvalue weighted by Crippen LogP contribution is 2.24. The molecule has 1 saturated heterocycles. The van der Waals surface area contributed by atoms with Crippen molar-refractivity contribution in [3.05, 3.63) is 40.3 Å². The third-order valence-electron chi connectivity index (χ3n) is 4.96. The van der Waals surface area contributed by atoms with Crippen LogP contribution in [0.4, 0.5) is 0 Å². The molecule has 6 nitrogen and oxygen atoms in total. The number of amides is 1. The summed E-state index contributed by atoms with van der Waals surface area (Å²) in [5.41, 5.74) is 2.20. The van der Waals surface area contributed by atoms with Crippen LogP contribution in [0, 0.1) is 19.8 Å². The maximum atomic E-state index is 13.0. The molecule has 0 spiro atoms. The first kappa shape index (κ1) is 18.9. The number of halogens is 1. The van der Waals surface area contributed by atoms with E-state index < -0.39 is 0 Å². The van der Waals surface area contributed by atoms with E-state index >= 15 is 0 Å². The number of hydrogen-bond donors (Lipinski definition) is 1. The van der Waals surface area contributed by atoms with Crippen LogP contribution in [0.3, 0.4) is 0 Å². The van der Waals surface area contributed by atoms with Gasteiger partial charge in [-0.3, -0.25) is 4.79 Å². The van der Waals surface area contributed by atoms with Gasteiger partial charge in [-0.05, 0) is 70.8 Å². The van der Waals surface area contributed by atoms with Gasteiger partial charge in [-0.15, -0.1) is 0 Å². The Morgan fingerprint density at radius 1 is 1.31 bits per heavy atom. The Kier molecular flexibility index (Phi) is 5.94. The van der Waals surface area contributed by atoms with Crippen molar-refractivity contribution in [1.82, 2.24) is 25.0 Å². The molecule has 0 atom stereocenters. The molecule has 0 unspecified atom stereocenters. The summed E-state index contributed by atoms with van der Waals surface area (Å²) in [6.07, 6.45) is 3.22. The van der Waals surface area contributed by atoms with E-state index in [-0.39, 0.29) is 5.91 Å². The van der Waals surface area contributed by atoms with Gasteiger partial charge in [-0.2, -0.15) is 5.10 Å². The molecule has 2 aromatic heterocycles. The summed E-state index contributed by atoms with van der Waals surface area (Å²) in [5.74, 6) is 1.20. The van der Waals surface area contributed by atoms with E-state index in [0.717, 1.165) is 50.3 Å². The van der Waals surface area contributed by atoms with E-state index in [2.05, 4.69) is 15.4 Å². The fraction of sp³-hybridized carbons (Fsp3) is 0.526. The highest BCUT2D eigenvalue weighted by molar-refractivity contribution is 6.33. The van der Waals surface area contributed by atoms with E-state index in [0.29, 0.717) is 22.5 Å². The number of rotatable bonds is 5. The number of hydrogen-bond acceptors (Lipinski definition) is 4. The first-order valence-corrected chi connectivity index (χ1v) is 9.51. The van der Waals surface area contributed by atoms with Crippen LogP contribution in [0.2, 0.25) is 5.02 Å². The molecular formula is C19H26ClN5O. The molecule has 3 heterocycles. The Bertz CT molecular complexity index is 780. The first-order chi connectivity index (χ1) is 12.5. The molecule has 1 aliphatic rings. The van der Waals surface area contributed by atoms with Crippen LogP contribution in [0.25, 0.3) is 5.82 Å². The van der Waals surface area contributed by atoms with Gasteiger partial charge in [0.2, 0.25) is 0 Å². The summed E-state index contributed by atoms with van der Waals surface area (Å²) in [4.78, 5) is 19.3. The Balaban J connectivity index is 1.76. The van der Waals surface area contributed by atoms with Crippen LogP contribution in [0.1, 0.15) is 41.1 Å². The highest BCUT2D eigenvalue weighted by atomic mass is 35.5. The van der Waals surface area contributed by atoms with Crippen LogP contribution < -0.4 is 5.32 Å². The van der Waals surface area contributed by atoms with Crippen LogP contribution in [0.15, 0.2) is 18.2 Å². The summed E-state index contributed by atoms with van der Waals surface area (Å²) < 4.78 is 1.74. The van der Waals surface area contributed by atoms with Crippen LogP contribution in [-0.4, -0.2) is 52.3 Å². The molecule has 1 N–H and O–H groups in total. The molecule has 3 rings (SSSR count). The molecule has 0 radical (unpaired) electrons. The van der Waals surface area contributed by atoms with E-state index in [1.54, 1.807) is 16.8 Å². The number of pyridine rings is 1. The lowest BCUT2D eigenvalue weighted by Crippen LogP contribution is -2.39. The van der Waals surface area contributed by atoms with Crippen molar-refractivity contribution in [3.8, 4) is 5.82 Å². The van der Waals surface area contributed by atoms with Crippen LogP contribution >= 0.6 is 11.6 Å². The second kappa shape index (κ2) is 8.18. The lowest BCUT2D eigenvalue weighted by molar-refractivity contribution is 0.0681. The van der Waals surface area contributed by atoms with E-state index in [1.807, 2.05) is 31.9 Å². The lowest BCUT2D eigenvalue weighted by atomic mass is 9.93. The number of carbonyl (C=O) groups excluding carboxylic acids is 1. The van der Waals surface area contributed by atoms with Crippen molar-refractivity contribution in [3.63, 3.8) is 0 Å². The number of nitrogens with zero attached hydrogens (tertiary/aromatic N) is 4. The van der Waals surface area contributed by atoms with E-state index in [9.17, 15) is 4.79 Å². The second-order valence-corrected chi connectivity index (χ2v) is 7.37. The van der Waals surface area contributed by atoms with Crippen molar-refractivity contribution >= 4 is 17.5 Å². The van der Waals surface area contributed by atoms with Crippen LogP contribution in [-0.2, 0) is 0 Å². The van der Waals surface area contributed by atoms with Crippen molar-refractivity contribution in [2.45, 2.75) is 33.1 Å². The van der Waals surface area contributed by atoms with Gasteiger partial charge >= 0.3 is 0 Å². The SMILES string of the molecule is CNCCC1CCN(C(=O)c2nc(-n3nc(C)cc3C)ccc2Cl)CC1. The summed E-state index contributed by atoms with van der Waals surface area (Å²) in [6.45, 7) is 6.44. The van der Waals surface area contributed by atoms with E-state index in [4.69, 9.17) is 11.6 Å². The third-order valence-corrected chi connectivity index (χ3v) is 5.27. The minimum atomic E-state index is -0.0922. The molecule has 0 saturated carbocycles. The third kappa shape index (κ3) is 4.07. The summed E-state index contributed by atoms with van der Waals surface area (Å²) in [6, 6.07) is 5.50. The first-order valence-electron chi connectivity index (χ1n) is 9.13. The number of piperidine rings is 1. The topological polar surface area (TPSA) is 63.1 Å². The van der Waals surface area contributed by atoms with Gasteiger partial charge < -0.3 is 10.2 Å². The Labute approximate surface area is 159 Å². The molecule has 1 fully saturated rings. The Morgan fingerprint density at radius 2 is 2.04 bits per heavy atom. The molecule has 0 bridgehead atoms. The largest absolute Gasteiger partial charge is 0.337 e. The smallest absolute Gasteiger partial charge is 0.274 e. The maximum Gasteiger partial charge on any atom is 0.274 e. The number of likely N-dealkylation sites (tertiary alicyclic amines) is 1. The van der Waals surface area contributed by atoms with Gasteiger partial charge in [0.05, 0.1) is 10.7 Å². The van der Waals surface area contributed by atoms with Gasteiger partial charge in [-0.1, -0.05) is 11.6 Å². The van der Waals surface area contributed by atoms with Crippen molar-refractivity contribution in [2.75, 3.05) is 26.7 Å². The Morgan fingerprint density at radius 3 is 2.65 bits per heavy atom. The number of aryl methyl sites for hydroxylation is 2. The average molecular weight is 376 g/mol. The van der Waals surface area contributed by atoms with Gasteiger partial charge in [0, 0.05) is 18.8 Å².